The lowest BCUT2D eigenvalue weighted by atomic mass is 10.1. The minimum absolute atomic E-state index is 0.0574. The van der Waals surface area contributed by atoms with Crippen LogP contribution in [0.3, 0.4) is 0 Å². The van der Waals surface area contributed by atoms with Crippen molar-refractivity contribution in [1.29, 1.82) is 0 Å². The molecule has 9 heteroatoms. The maximum Gasteiger partial charge on any atom is 0.368 e. The van der Waals surface area contributed by atoms with E-state index in [1.807, 2.05) is 0 Å². The van der Waals surface area contributed by atoms with Crippen molar-refractivity contribution in [3.05, 3.63) is 16.7 Å². The van der Waals surface area contributed by atoms with Crippen LogP contribution >= 0.6 is 0 Å². The summed E-state index contributed by atoms with van der Waals surface area (Å²) in [6, 6.07) is 0. The van der Waals surface area contributed by atoms with Crippen molar-refractivity contribution in [3.63, 3.8) is 0 Å². The summed E-state index contributed by atoms with van der Waals surface area (Å²) in [5, 5.41) is 31.7. The van der Waals surface area contributed by atoms with Gasteiger partial charge >= 0.3 is 5.69 Å². The summed E-state index contributed by atoms with van der Waals surface area (Å²) >= 11 is 0. The molecule has 9 nitrogen and oxygen atoms in total. The molecular weight excluding hydrogens is 232 g/mol. The summed E-state index contributed by atoms with van der Waals surface area (Å²) in [6.45, 7) is -0.480. The zero-order chi connectivity index (χ0) is 12.6. The van der Waals surface area contributed by atoms with Gasteiger partial charge in [0.1, 0.15) is 24.1 Å². The van der Waals surface area contributed by atoms with Crippen molar-refractivity contribution in [2.24, 2.45) is 0 Å². The lowest BCUT2D eigenvalue weighted by Crippen LogP contribution is -2.37. The fourth-order valence-electron chi connectivity index (χ4n) is 1.62. The smallest absolute Gasteiger partial charge is 0.368 e. The van der Waals surface area contributed by atoms with Gasteiger partial charge in [-0.15, -0.1) is 0 Å². The monoisotopic (exact) mass is 244 g/mol. The van der Waals surface area contributed by atoms with Gasteiger partial charge in [0.15, 0.2) is 6.23 Å². The highest BCUT2D eigenvalue weighted by Crippen LogP contribution is 2.27. The number of anilines is 1. The van der Waals surface area contributed by atoms with E-state index < -0.39 is 36.8 Å². The van der Waals surface area contributed by atoms with E-state index in [-0.39, 0.29) is 5.82 Å². The first-order valence-corrected chi connectivity index (χ1v) is 4.88. The van der Waals surface area contributed by atoms with Crippen LogP contribution < -0.4 is 11.4 Å². The van der Waals surface area contributed by atoms with E-state index in [0.29, 0.717) is 0 Å². The molecule has 1 aliphatic heterocycles. The third-order valence-corrected chi connectivity index (χ3v) is 2.49. The number of aromatic nitrogens is 3. The molecule has 0 saturated carbocycles. The molecule has 1 aromatic heterocycles. The van der Waals surface area contributed by atoms with Gasteiger partial charge in [0.05, 0.1) is 12.8 Å². The van der Waals surface area contributed by atoms with Gasteiger partial charge in [-0.25, -0.2) is 4.79 Å². The Balaban J connectivity index is 2.32. The molecule has 5 N–H and O–H groups in total. The Bertz CT molecular complexity index is 463. The predicted octanol–water partition coefficient (Wildman–Crippen LogP) is -3.17. The molecule has 0 aliphatic carbocycles. The number of hydrogen-bond donors (Lipinski definition) is 4. The molecule has 0 radical (unpaired) electrons. The molecule has 1 aliphatic rings. The molecule has 1 saturated heterocycles. The number of hydrogen-bond acceptors (Lipinski definition) is 8. The van der Waals surface area contributed by atoms with Crippen LogP contribution in [-0.2, 0) is 4.74 Å². The second-order valence-electron chi connectivity index (χ2n) is 3.64. The fraction of sp³-hybridized carbons (Fsp3) is 0.625. The van der Waals surface area contributed by atoms with Gasteiger partial charge < -0.3 is 25.8 Å². The first-order valence-electron chi connectivity index (χ1n) is 4.88. The average Bonchev–Trinajstić information content (AvgIpc) is 2.57. The topological polar surface area (TPSA) is 144 Å². The highest BCUT2D eigenvalue weighted by Gasteiger charge is 2.44. The lowest BCUT2D eigenvalue weighted by Gasteiger charge is -2.15. The Kier molecular flexibility index (Phi) is 3.07. The highest BCUT2D eigenvalue weighted by atomic mass is 16.6. The summed E-state index contributed by atoms with van der Waals surface area (Å²) in [4.78, 5) is 14.9. The van der Waals surface area contributed by atoms with E-state index in [9.17, 15) is 15.0 Å². The molecular formula is C8H12N4O5. The number of ether oxygens (including phenoxy) is 1. The summed E-state index contributed by atoms with van der Waals surface area (Å²) in [5.74, 6) is -0.0574. The van der Waals surface area contributed by atoms with Gasteiger partial charge in [0, 0.05) is 0 Å². The summed E-state index contributed by atoms with van der Waals surface area (Å²) in [7, 11) is 0. The lowest BCUT2D eigenvalue weighted by molar-refractivity contribution is -0.0616. The van der Waals surface area contributed by atoms with Crippen molar-refractivity contribution in [3.8, 4) is 0 Å². The number of aliphatic hydroxyl groups excluding tert-OH is 3. The Morgan fingerprint density at radius 2 is 2.18 bits per heavy atom. The number of nitrogens with zero attached hydrogens (tertiary/aromatic N) is 3. The largest absolute Gasteiger partial charge is 0.394 e. The van der Waals surface area contributed by atoms with Crippen LogP contribution in [0.25, 0.3) is 0 Å². The van der Waals surface area contributed by atoms with Crippen LogP contribution in [0.1, 0.15) is 6.23 Å². The van der Waals surface area contributed by atoms with Crippen molar-refractivity contribution >= 4 is 5.82 Å². The summed E-state index contributed by atoms with van der Waals surface area (Å²) < 4.78 is 5.88. The number of aliphatic hydroxyl groups is 3. The van der Waals surface area contributed by atoms with E-state index >= 15 is 0 Å². The first-order chi connectivity index (χ1) is 8.04. The molecule has 1 aromatic rings. The minimum Gasteiger partial charge on any atom is -0.394 e. The van der Waals surface area contributed by atoms with E-state index in [1.54, 1.807) is 0 Å². The Hall–Kier alpha value is -1.55. The van der Waals surface area contributed by atoms with E-state index in [0.717, 1.165) is 10.9 Å². The SMILES string of the molecule is Nc1cnn([C@@H]2O[C@H](CO)[C@@H](O)[C@H]2O)c(=O)n1. The quantitative estimate of drug-likeness (QED) is 0.426. The van der Waals surface area contributed by atoms with Gasteiger partial charge in [-0.2, -0.15) is 14.8 Å². The van der Waals surface area contributed by atoms with Gasteiger partial charge in [-0.05, 0) is 0 Å². The number of nitrogen functional groups attached to an aromatic ring is 1. The molecule has 0 bridgehead atoms. The van der Waals surface area contributed by atoms with Crippen molar-refractivity contribution in [1.82, 2.24) is 14.8 Å². The molecule has 1 fully saturated rings. The molecule has 94 valence electrons. The van der Waals surface area contributed by atoms with Crippen LogP contribution in [0.15, 0.2) is 11.0 Å². The maximum atomic E-state index is 11.4. The van der Waals surface area contributed by atoms with Crippen LogP contribution in [0.2, 0.25) is 0 Å². The van der Waals surface area contributed by atoms with Gasteiger partial charge in [-0.3, -0.25) is 0 Å². The molecule has 2 rings (SSSR count). The first kappa shape index (κ1) is 11.9. The highest BCUT2D eigenvalue weighted by molar-refractivity contribution is 5.19. The zero-order valence-electron chi connectivity index (χ0n) is 8.67. The number of rotatable bonds is 2. The van der Waals surface area contributed by atoms with E-state index in [1.165, 1.54) is 0 Å². The van der Waals surface area contributed by atoms with E-state index in [4.69, 9.17) is 15.6 Å². The molecule has 4 atom stereocenters. The minimum atomic E-state index is -1.37. The maximum absolute atomic E-state index is 11.4. The van der Waals surface area contributed by atoms with Crippen molar-refractivity contribution in [2.75, 3.05) is 12.3 Å². The van der Waals surface area contributed by atoms with Gasteiger partial charge in [0.2, 0.25) is 0 Å². The third-order valence-electron chi connectivity index (χ3n) is 2.49. The summed E-state index contributed by atoms with van der Waals surface area (Å²) in [6.07, 6.45) is -3.71. The van der Waals surface area contributed by atoms with Gasteiger partial charge in [0.25, 0.3) is 0 Å². The third kappa shape index (κ3) is 2.00. The Morgan fingerprint density at radius 1 is 1.47 bits per heavy atom. The van der Waals surface area contributed by atoms with Crippen LogP contribution in [0.4, 0.5) is 5.82 Å². The molecule has 17 heavy (non-hydrogen) atoms. The predicted molar refractivity (Wildman–Crippen MR) is 53.7 cm³/mol. The standard InChI is InChI=1S/C8H12N4O5/c9-4-1-10-12(8(16)11-4)7-6(15)5(14)3(2-13)17-7/h1,3,5-7,13-15H,2H2,(H2,9,11,16)/t3-,5-,6-,7-/m1/s1. The van der Waals surface area contributed by atoms with Crippen LogP contribution in [-0.4, -0.2) is 55.0 Å². The average molecular weight is 244 g/mol. The van der Waals surface area contributed by atoms with Gasteiger partial charge in [-0.1, -0.05) is 0 Å². The van der Waals surface area contributed by atoms with Crippen molar-refractivity contribution < 1.29 is 20.1 Å². The molecule has 2 heterocycles. The molecule has 0 aromatic carbocycles. The van der Waals surface area contributed by atoms with Crippen LogP contribution in [0.5, 0.6) is 0 Å². The molecule has 0 amide bonds. The second kappa shape index (κ2) is 4.37. The van der Waals surface area contributed by atoms with Crippen molar-refractivity contribution in [2.45, 2.75) is 24.5 Å². The zero-order valence-corrected chi connectivity index (χ0v) is 8.67. The molecule has 0 unspecified atom stereocenters. The molecule has 0 spiro atoms. The fourth-order valence-corrected chi connectivity index (χ4v) is 1.62. The number of nitrogens with two attached hydrogens (primary N) is 1. The summed E-state index contributed by atoms with van der Waals surface area (Å²) in [5.41, 5.74) is 4.46. The Morgan fingerprint density at radius 3 is 2.71 bits per heavy atom. The second-order valence-corrected chi connectivity index (χ2v) is 3.64. The Labute approximate surface area is 95.1 Å². The van der Waals surface area contributed by atoms with Crippen LogP contribution in [0, 0.1) is 0 Å². The van der Waals surface area contributed by atoms with E-state index in [2.05, 4.69) is 10.1 Å². The normalized spacial score (nSPS) is 32.9.